The Hall–Kier alpha value is -2.93. The molecular formula is C14H10ClN3O4. The van der Waals surface area contributed by atoms with E-state index >= 15 is 0 Å². The molecule has 2 rings (SSSR count). The number of primary amides is 1. The summed E-state index contributed by atoms with van der Waals surface area (Å²) in [6.07, 6.45) is 0. The number of halogens is 1. The molecule has 2 amide bonds. The van der Waals surface area contributed by atoms with Crippen LogP contribution in [0.2, 0.25) is 5.02 Å². The Morgan fingerprint density at radius 3 is 2.32 bits per heavy atom. The zero-order valence-electron chi connectivity index (χ0n) is 11.1. The number of hydrogen-bond donors (Lipinski definition) is 2. The van der Waals surface area contributed by atoms with Crippen molar-refractivity contribution in [3.8, 4) is 0 Å². The van der Waals surface area contributed by atoms with Gasteiger partial charge in [-0.1, -0.05) is 11.6 Å². The molecule has 8 heteroatoms. The number of anilines is 1. The van der Waals surface area contributed by atoms with Crippen LogP contribution in [-0.2, 0) is 0 Å². The second-order valence-electron chi connectivity index (χ2n) is 4.31. The van der Waals surface area contributed by atoms with Crippen molar-refractivity contribution in [1.29, 1.82) is 0 Å². The van der Waals surface area contributed by atoms with Crippen LogP contribution in [0.15, 0.2) is 42.5 Å². The highest BCUT2D eigenvalue weighted by atomic mass is 35.5. The van der Waals surface area contributed by atoms with Crippen molar-refractivity contribution in [3.63, 3.8) is 0 Å². The fourth-order valence-electron chi connectivity index (χ4n) is 1.76. The minimum absolute atomic E-state index is 0.117. The molecule has 0 aliphatic rings. The lowest BCUT2D eigenvalue weighted by Gasteiger charge is -2.06. The predicted octanol–water partition coefficient (Wildman–Crippen LogP) is 2.60. The molecule has 2 aromatic rings. The summed E-state index contributed by atoms with van der Waals surface area (Å²) < 4.78 is 0. The number of nitrogens with two attached hydrogens (primary N) is 1. The predicted molar refractivity (Wildman–Crippen MR) is 81.0 cm³/mol. The highest BCUT2D eigenvalue weighted by Crippen LogP contribution is 2.24. The van der Waals surface area contributed by atoms with E-state index in [0.29, 0.717) is 5.69 Å². The minimum atomic E-state index is -0.684. The molecule has 3 N–H and O–H groups in total. The van der Waals surface area contributed by atoms with Crippen LogP contribution < -0.4 is 11.1 Å². The first-order valence-corrected chi connectivity index (χ1v) is 6.41. The van der Waals surface area contributed by atoms with Crippen LogP contribution in [0, 0.1) is 10.1 Å². The zero-order valence-corrected chi connectivity index (χ0v) is 11.8. The van der Waals surface area contributed by atoms with Gasteiger partial charge in [0, 0.05) is 22.3 Å². The maximum atomic E-state index is 12.1. The molecule has 22 heavy (non-hydrogen) atoms. The van der Waals surface area contributed by atoms with Crippen LogP contribution in [0.4, 0.5) is 11.4 Å². The standard InChI is InChI=1S/C14H10ClN3O4/c15-9-3-6-11(12(7-9)18(21)22)14(20)17-10-4-1-8(2-5-10)13(16)19/h1-7H,(H2,16,19)(H,17,20). The minimum Gasteiger partial charge on any atom is -0.366 e. The topological polar surface area (TPSA) is 115 Å². The average molecular weight is 320 g/mol. The lowest BCUT2D eigenvalue weighted by molar-refractivity contribution is -0.385. The van der Waals surface area contributed by atoms with Gasteiger partial charge in [-0.05, 0) is 36.4 Å². The van der Waals surface area contributed by atoms with Gasteiger partial charge in [-0.15, -0.1) is 0 Å². The largest absolute Gasteiger partial charge is 0.366 e. The SMILES string of the molecule is NC(=O)c1ccc(NC(=O)c2ccc(Cl)cc2[N+](=O)[O-])cc1. The van der Waals surface area contributed by atoms with Gasteiger partial charge in [0.2, 0.25) is 5.91 Å². The number of amides is 2. The molecule has 0 fully saturated rings. The third kappa shape index (κ3) is 3.39. The smallest absolute Gasteiger partial charge is 0.283 e. The maximum Gasteiger partial charge on any atom is 0.283 e. The van der Waals surface area contributed by atoms with Gasteiger partial charge < -0.3 is 11.1 Å². The molecule has 0 spiro atoms. The van der Waals surface area contributed by atoms with Crippen LogP contribution >= 0.6 is 11.6 Å². The summed E-state index contributed by atoms with van der Waals surface area (Å²) in [6, 6.07) is 9.59. The van der Waals surface area contributed by atoms with E-state index in [9.17, 15) is 19.7 Å². The number of rotatable bonds is 4. The van der Waals surface area contributed by atoms with E-state index in [1.807, 2.05) is 0 Å². The molecule has 0 atom stereocenters. The molecule has 0 aromatic heterocycles. The van der Waals surface area contributed by atoms with E-state index < -0.39 is 22.4 Å². The van der Waals surface area contributed by atoms with Gasteiger partial charge in [0.1, 0.15) is 5.56 Å². The molecule has 0 unspecified atom stereocenters. The van der Waals surface area contributed by atoms with E-state index in [0.717, 1.165) is 6.07 Å². The fraction of sp³-hybridized carbons (Fsp3) is 0. The fourth-order valence-corrected chi connectivity index (χ4v) is 1.93. The Labute approximate surface area is 129 Å². The van der Waals surface area contributed by atoms with Gasteiger partial charge in [0.25, 0.3) is 11.6 Å². The molecule has 7 nitrogen and oxygen atoms in total. The maximum absolute atomic E-state index is 12.1. The number of hydrogen-bond acceptors (Lipinski definition) is 4. The van der Waals surface area contributed by atoms with Crippen LogP contribution in [0.25, 0.3) is 0 Å². The third-order valence-electron chi connectivity index (χ3n) is 2.83. The monoisotopic (exact) mass is 319 g/mol. The Kier molecular flexibility index (Phi) is 4.38. The van der Waals surface area contributed by atoms with E-state index in [-0.39, 0.29) is 16.1 Å². The summed E-state index contributed by atoms with van der Waals surface area (Å²) in [5.74, 6) is -1.25. The van der Waals surface area contributed by atoms with Crippen molar-refractivity contribution in [3.05, 3.63) is 68.7 Å². The molecule has 0 radical (unpaired) electrons. The Bertz CT molecular complexity index is 759. The van der Waals surface area contributed by atoms with Gasteiger partial charge in [0.15, 0.2) is 0 Å². The van der Waals surface area contributed by atoms with Crippen LogP contribution in [0.1, 0.15) is 20.7 Å². The molecule has 0 aliphatic heterocycles. The number of nitro groups is 1. The van der Waals surface area contributed by atoms with E-state index in [2.05, 4.69) is 5.32 Å². The zero-order chi connectivity index (χ0) is 16.3. The number of carbonyl (C=O) groups is 2. The van der Waals surface area contributed by atoms with Crippen molar-refractivity contribution < 1.29 is 14.5 Å². The van der Waals surface area contributed by atoms with Crippen molar-refractivity contribution >= 4 is 34.8 Å². The summed E-state index contributed by atoms with van der Waals surface area (Å²) in [4.78, 5) is 33.4. The van der Waals surface area contributed by atoms with Gasteiger partial charge in [-0.3, -0.25) is 19.7 Å². The van der Waals surface area contributed by atoms with Gasteiger partial charge in [-0.2, -0.15) is 0 Å². The quantitative estimate of drug-likeness (QED) is 0.665. The highest BCUT2D eigenvalue weighted by Gasteiger charge is 2.20. The van der Waals surface area contributed by atoms with Crippen molar-refractivity contribution in [2.45, 2.75) is 0 Å². The van der Waals surface area contributed by atoms with Crippen LogP contribution in [0.5, 0.6) is 0 Å². The first-order chi connectivity index (χ1) is 10.4. The van der Waals surface area contributed by atoms with Gasteiger partial charge >= 0.3 is 0 Å². The van der Waals surface area contributed by atoms with E-state index in [4.69, 9.17) is 17.3 Å². The highest BCUT2D eigenvalue weighted by molar-refractivity contribution is 6.31. The first kappa shape index (κ1) is 15.5. The van der Waals surface area contributed by atoms with Crippen LogP contribution in [0.3, 0.4) is 0 Å². The molecule has 0 saturated carbocycles. The molecule has 0 aliphatic carbocycles. The second-order valence-corrected chi connectivity index (χ2v) is 4.75. The summed E-state index contributed by atoms with van der Waals surface area (Å²) in [7, 11) is 0. The molecule has 0 saturated heterocycles. The molecule has 0 heterocycles. The molecule has 2 aromatic carbocycles. The normalized spacial score (nSPS) is 10.0. The number of nitrogens with one attached hydrogen (secondary N) is 1. The summed E-state index contributed by atoms with van der Waals surface area (Å²) >= 11 is 5.69. The number of nitro benzene ring substituents is 1. The van der Waals surface area contributed by atoms with Crippen molar-refractivity contribution in [1.82, 2.24) is 0 Å². The number of benzene rings is 2. The summed E-state index contributed by atoms with van der Waals surface area (Å²) in [6.45, 7) is 0. The van der Waals surface area contributed by atoms with Crippen LogP contribution in [-0.4, -0.2) is 16.7 Å². The summed E-state index contributed by atoms with van der Waals surface area (Å²) in [5, 5.41) is 13.6. The van der Waals surface area contributed by atoms with Gasteiger partial charge in [0.05, 0.1) is 4.92 Å². The molecular weight excluding hydrogens is 310 g/mol. The van der Waals surface area contributed by atoms with Crippen molar-refractivity contribution in [2.24, 2.45) is 5.73 Å². The lowest BCUT2D eigenvalue weighted by atomic mass is 10.1. The number of nitrogens with zero attached hydrogens (tertiary/aromatic N) is 1. The Morgan fingerprint density at radius 2 is 1.77 bits per heavy atom. The van der Waals surface area contributed by atoms with Gasteiger partial charge in [-0.25, -0.2) is 0 Å². The number of carbonyl (C=O) groups excluding carboxylic acids is 2. The molecule has 112 valence electrons. The first-order valence-electron chi connectivity index (χ1n) is 6.03. The summed E-state index contributed by atoms with van der Waals surface area (Å²) in [5.41, 5.74) is 5.26. The second kappa shape index (κ2) is 6.23. The van der Waals surface area contributed by atoms with E-state index in [1.165, 1.54) is 36.4 Å². The Morgan fingerprint density at radius 1 is 1.14 bits per heavy atom. The molecule has 0 bridgehead atoms. The third-order valence-corrected chi connectivity index (χ3v) is 3.06. The lowest BCUT2D eigenvalue weighted by Crippen LogP contribution is -2.14. The van der Waals surface area contributed by atoms with Crippen molar-refractivity contribution in [2.75, 3.05) is 5.32 Å². The average Bonchev–Trinajstić information content (AvgIpc) is 2.47. The van der Waals surface area contributed by atoms with E-state index in [1.54, 1.807) is 0 Å². The Balaban J connectivity index is 2.26.